The van der Waals surface area contributed by atoms with Crippen molar-refractivity contribution in [1.82, 2.24) is 14.9 Å². The highest BCUT2D eigenvalue weighted by Gasteiger charge is 2.28. The molecule has 1 aromatic heterocycles. The first-order chi connectivity index (χ1) is 12.0. The van der Waals surface area contributed by atoms with E-state index in [-0.39, 0.29) is 29.8 Å². The van der Waals surface area contributed by atoms with Gasteiger partial charge in [-0.1, -0.05) is 55.4 Å². The fourth-order valence-electron chi connectivity index (χ4n) is 2.74. The summed E-state index contributed by atoms with van der Waals surface area (Å²) in [5, 5.41) is 4.22. The SMILES string of the molecule is CC(C)c1cc(=O)n2c(n1)SCC2CC(=O)NCc1ccccc1Cl. The Kier molecular flexibility index (Phi) is 5.49. The van der Waals surface area contributed by atoms with Crippen LogP contribution in [0.4, 0.5) is 0 Å². The molecule has 25 heavy (non-hydrogen) atoms. The van der Waals surface area contributed by atoms with Crippen molar-refractivity contribution in [3.05, 3.63) is 57.0 Å². The number of halogens is 1. The van der Waals surface area contributed by atoms with Gasteiger partial charge in [-0.3, -0.25) is 14.2 Å². The van der Waals surface area contributed by atoms with Crippen molar-refractivity contribution in [2.45, 2.75) is 43.9 Å². The zero-order valence-corrected chi connectivity index (χ0v) is 15.7. The van der Waals surface area contributed by atoms with E-state index < -0.39 is 0 Å². The fraction of sp³-hybridized carbons (Fsp3) is 0.389. The maximum atomic E-state index is 12.4. The van der Waals surface area contributed by atoms with Gasteiger partial charge in [0.05, 0.1) is 11.7 Å². The Hall–Kier alpha value is -1.79. The molecule has 1 aromatic carbocycles. The number of rotatable bonds is 5. The van der Waals surface area contributed by atoms with Crippen LogP contribution in [-0.2, 0) is 11.3 Å². The lowest BCUT2D eigenvalue weighted by Gasteiger charge is -2.14. The van der Waals surface area contributed by atoms with Gasteiger partial charge in [0, 0.05) is 29.8 Å². The number of carbonyl (C=O) groups is 1. The zero-order chi connectivity index (χ0) is 18.0. The highest BCUT2D eigenvalue weighted by molar-refractivity contribution is 7.99. The summed E-state index contributed by atoms with van der Waals surface area (Å²) in [6, 6.07) is 8.83. The highest BCUT2D eigenvalue weighted by Crippen LogP contribution is 2.32. The van der Waals surface area contributed by atoms with E-state index in [9.17, 15) is 9.59 Å². The summed E-state index contributed by atoms with van der Waals surface area (Å²) in [6.45, 7) is 4.40. The molecular weight excluding hydrogens is 358 g/mol. The topological polar surface area (TPSA) is 64.0 Å². The Morgan fingerprint density at radius 1 is 1.44 bits per heavy atom. The monoisotopic (exact) mass is 377 g/mol. The molecule has 0 saturated heterocycles. The van der Waals surface area contributed by atoms with Crippen LogP contribution < -0.4 is 10.9 Å². The van der Waals surface area contributed by atoms with Gasteiger partial charge in [0.2, 0.25) is 5.91 Å². The highest BCUT2D eigenvalue weighted by atomic mass is 35.5. The summed E-state index contributed by atoms with van der Waals surface area (Å²) in [7, 11) is 0. The van der Waals surface area contributed by atoms with E-state index in [1.807, 2.05) is 32.0 Å². The second kappa shape index (κ2) is 7.62. The van der Waals surface area contributed by atoms with Crippen molar-refractivity contribution >= 4 is 29.3 Å². The van der Waals surface area contributed by atoms with Crippen molar-refractivity contribution in [1.29, 1.82) is 0 Å². The van der Waals surface area contributed by atoms with E-state index in [0.29, 0.717) is 22.5 Å². The van der Waals surface area contributed by atoms with Crippen molar-refractivity contribution in [2.24, 2.45) is 0 Å². The molecule has 5 nitrogen and oxygen atoms in total. The number of benzene rings is 1. The minimum atomic E-state index is -0.160. The van der Waals surface area contributed by atoms with Crippen LogP contribution in [0.1, 0.15) is 43.5 Å². The molecule has 0 bridgehead atoms. The third kappa shape index (κ3) is 4.07. The van der Waals surface area contributed by atoms with Crippen LogP contribution in [0.3, 0.4) is 0 Å². The Balaban J connectivity index is 1.67. The first-order valence-electron chi connectivity index (χ1n) is 8.22. The van der Waals surface area contributed by atoms with Crippen molar-refractivity contribution in [3.63, 3.8) is 0 Å². The van der Waals surface area contributed by atoms with Crippen molar-refractivity contribution < 1.29 is 4.79 Å². The fourth-order valence-corrected chi connectivity index (χ4v) is 4.10. The second-order valence-electron chi connectivity index (χ2n) is 6.36. The number of hydrogen-bond donors (Lipinski definition) is 1. The van der Waals surface area contributed by atoms with Crippen LogP contribution in [0.15, 0.2) is 40.3 Å². The lowest BCUT2D eigenvalue weighted by molar-refractivity contribution is -0.121. The molecule has 132 valence electrons. The van der Waals surface area contributed by atoms with E-state index in [1.165, 1.54) is 11.8 Å². The average Bonchev–Trinajstić information content (AvgIpc) is 2.97. The maximum absolute atomic E-state index is 12.4. The van der Waals surface area contributed by atoms with E-state index in [0.717, 1.165) is 11.3 Å². The standard InChI is InChI=1S/C18H20ClN3O2S/c1-11(2)15-8-17(24)22-13(10-25-18(22)21-15)7-16(23)20-9-12-5-3-4-6-14(12)19/h3-6,8,11,13H,7,9-10H2,1-2H3,(H,20,23). The summed E-state index contributed by atoms with van der Waals surface area (Å²) < 4.78 is 1.64. The third-order valence-electron chi connectivity index (χ3n) is 4.16. The lowest BCUT2D eigenvalue weighted by Crippen LogP contribution is -2.30. The average molecular weight is 378 g/mol. The smallest absolute Gasteiger partial charge is 0.254 e. The van der Waals surface area contributed by atoms with Crippen molar-refractivity contribution in [3.8, 4) is 0 Å². The van der Waals surface area contributed by atoms with Gasteiger partial charge >= 0.3 is 0 Å². The van der Waals surface area contributed by atoms with Gasteiger partial charge in [-0.05, 0) is 17.5 Å². The van der Waals surface area contributed by atoms with Gasteiger partial charge in [0.1, 0.15) is 0 Å². The van der Waals surface area contributed by atoms with E-state index in [2.05, 4.69) is 10.3 Å². The number of amides is 1. The number of nitrogens with zero attached hydrogens (tertiary/aromatic N) is 2. The minimum Gasteiger partial charge on any atom is -0.352 e. The van der Waals surface area contributed by atoms with Crippen LogP contribution in [0.2, 0.25) is 5.02 Å². The van der Waals surface area contributed by atoms with E-state index >= 15 is 0 Å². The summed E-state index contributed by atoms with van der Waals surface area (Å²) in [5.74, 6) is 0.791. The van der Waals surface area contributed by atoms with E-state index in [4.69, 9.17) is 11.6 Å². The Morgan fingerprint density at radius 2 is 2.20 bits per heavy atom. The van der Waals surface area contributed by atoms with Crippen LogP contribution in [-0.4, -0.2) is 21.2 Å². The van der Waals surface area contributed by atoms with Gasteiger partial charge in [-0.2, -0.15) is 0 Å². The summed E-state index contributed by atoms with van der Waals surface area (Å²) in [5.41, 5.74) is 1.59. The Bertz CT molecular complexity index is 850. The van der Waals surface area contributed by atoms with Crippen LogP contribution in [0, 0.1) is 0 Å². The molecule has 1 N–H and O–H groups in total. The lowest BCUT2D eigenvalue weighted by atomic mass is 10.1. The third-order valence-corrected chi connectivity index (χ3v) is 5.62. The normalized spacial score (nSPS) is 16.1. The van der Waals surface area contributed by atoms with Gasteiger partial charge in [-0.25, -0.2) is 4.98 Å². The van der Waals surface area contributed by atoms with Gasteiger partial charge in [0.25, 0.3) is 5.56 Å². The maximum Gasteiger partial charge on any atom is 0.254 e. The number of carbonyl (C=O) groups excluding carboxylic acids is 1. The minimum absolute atomic E-state index is 0.0809. The van der Waals surface area contributed by atoms with Crippen molar-refractivity contribution in [2.75, 3.05) is 5.75 Å². The Morgan fingerprint density at radius 3 is 2.92 bits per heavy atom. The summed E-state index contributed by atoms with van der Waals surface area (Å²) >= 11 is 7.63. The molecule has 2 aromatic rings. The molecule has 2 heterocycles. The Labute approximate surface area is 155 Å². The number of nitrogens with one attached hydrogen (secondary N) is 1. The van der Waals surface area contributed by atoms with Crippen LogP contribution >= 0.6 is 23.4 Å². The summed E-state index contributed by atoms with van der Waals surface area (Å²) in [4.78, 5) is 29.2. The molecule has 1 atom stereocenters. The predicted molar refractivity (Wildman–Crippen MR) is 100 cm³/mol. The molecule has 1 aliphatic rings. The second-order valence-corrected chi connectivity index (χ2v) is 7.76. The van der Waals surface area contributed by atoms with Gasteiger partial charge < -0.3 is 5.32 Å². The number of fused-ring (bicyclic) bond motifs is 1. The molecule has 0 fully saturated rings. The van der Waals surface area contributed by atoms with Gasteiger partial charge in [0.15, 0.2) is 5.16 Å². The largest absolute Gasteiger partial charge is 0.352 e. The first kappa shape index (κ1) is 18.0. The molecule has 1 amide bonds. The quantitative estimate of drug-likeness (QED) is 0.811. The van der Waals surface area contributed by atoms with Crippen LogP contribution in [0.25, 0.3) is 0 Å². The first-order valence-corrected chi connectivity index (χ1v) is 9.58. The predicted octanol–water partition coefficient (Wildman–Crippen LogP) is 3.37. The molecular formula is C18H20ClN3O2S. The molecule has 0 saturated carbocycles. The summed E-state index contributed by atoms with van der Waals surface area (Å²) in [6.07, 6.45) is 0.257. The molecule has 1 unspecified atom stereocenters. The van der Waals surface area contributed by atoms with Crippen LogP contribution in [0.5, 0.6) is 0 Å². The van der Waals surface area contributed by atoms with E-state index in [1.54, 1.807) is 16.7 Å². The molecule has 3 rings (SSSR count). The number of hydrogen-bond acceptors (Lipinski definition) is 4. The molecule has 0 aliphatic carbocycles. The molecule has 0 spiro atoms. The molecule has 7 heteroatoms. The number of thioether (sulfide) groups is 1. The molecule has 0 radical (unpaired) electrons. The molecule has 1 aliphatic heterocycles. The number of aromatic nitrogens is 2. The zero-order valence-electron chi connectivity index (χ0n) is 14.2. The van der Waals surface area contributed by atoms with Gasteiger partial charge in [-0.15, -0.1) is 0 Å².